The molecule has 0 aliphatic heterocycles. The van der Waals surface area contributed by atoms with Gasteiger partial charge in [0.05, 0.1) is 16.1 Å². The van der Waals surface area contributed by atoms with E-state index in [4.69, 9.17) is 17.3 Å². The van der Waals surface area contributed by atoms with E-state index in [0.717, 1.165) is 21.5 Å². The summed E-state index contributed by atoms with van der Waals surface area (Å²) in [4.78, 5) is 1.07. The molecule has 0 saturated carbocycles. The standard InChI is InChI=1S/C10H12ClN3S/c1-2-14-7(5-6-13-14)10(12)8-3-4-9(11)15-8/h3-6,10H,2,12H2,1H3. The van der Waals surface area contributed by atoms with Crippen molar-refractivity contribution in [1.82, 2.24) is 9.78 Å². The molecule has 80 valence electrons. The molecule has 0 saturated heterocycles. The Morgan fingerprint density at radius 2 is 2.33 bits per heavy atom. The van der Waals surface area contributed by atoms with Gasteiger partial charge in [-0.3, -0.25) is 4.68 Å². The van der Waals surface area contributed by atoms with Gasteiger partial charge in [-0.05, 0) is 25.1 Å². The predicted octanol–water partition coefficient (Wildman–Crippen LogP) is 2.67. The van der Waals surface area contributed by atoms with Gasteiger partial charge >= 0.3 is 0 Å². The molecule has 2 heterocycles. The summed E-state index contributed by atoms with van der Waals surface area (Å²) in [5.74, 6) is 0. The molecule has 2 aromatic rings. The monoisotopic (exact) mass is 241 g/mol. The van der Waals surface area contributed by atoms with Crippen LogP contribution in [0.25, 0.3) is 0 Å². The molecule has 0 fully saturated rings. The van der Waals surface area contributed by atoms with Gasteiger partial charge in [-0.1, -0.05) is 11.6 Å². The van der Waals surface area contributed by atoms with Crippen LogP contribution in [0.4, 0.5) is 0 Å². The quantitative estimate of drug-likeness (QED) is 0.898. The molecule has 2 aromatic heterocycles. The molecule has 15 heavy (non-hydrogen) atoms. The lowest BCUT2D eigenvalue weighted by Gasteiger charge is -2.11. The fraction of sp³-hybridized carbons (Fsp3) is 0.300. The molecule has 0 spiro atoms. The van der Waals surface area contributed by atoms with Gasteiger partial charge in [0, 0.05) is 17.6 Å². The molecule has 0 amide bonds. The third kappa shape index (κ3) is 2.07. The lowest BCUT2D eigenvalue weighted by molar-refractivity contribution is 0.603. The smallest absolute Gasteiger partial charge is 0.0931 e. The van der Waals surface area contributed by atoms with Crippen molar-refractivity contribution in [3.63, 3.8) is 0 Å². The molecule has 0 radical (unpaired) electrons. The minimum absolute atomic E-state index is 0.134. The zero-order valence-corrected chi connectivity index (χ0v) is 9.92. The summed E-state index contributed by atoms with van der Waals surface area (Å²) in [5, 5.41) is 4.20. The SMILES string of the molecule is CCn1nccc1C(N)c1ccc(Cl)s1. The first-order valence-electron chi connectivity index (χ1n) is 4.75. The fourth-order valence-corrected chi connectivity index (χ4v) is 2.59. The summed E-state index contributed by atoms with van der Waals surface area (Å²) in [6.45, 7) is 2.87. The predicted molar refractivity (Wildman–Crippen MR) is 63.3 cm³/mol. The largest absolute Gasteiger partial charge is 0.318 e. The second-order valence-corrected chi connectivity index (χ2v) is 4.94. The maximum atomic E-state index is 6.14. The Morgan fingerprint density at radius 3 is 2.93 bits per heavy atom. The molecule has 2 rings (SSSR count). The number of thiophene rings is 1. The number of aromatic nitrogens is 2. The number of aryl methyl sites for hydroxylation is 1. The Bertz CT molecular complexity index is 449. The van der Waals surface area contributed by atoms with Gasteiger partial charge in [-0.15, -0.1) is 11.3 Å². The lowest BCUT2D eigenvalue weighted by Crippen LogP contribution is -2.15. The van der Waals surface area contributed by atoms with E-state index in [2.05, 4.69) is 5.10 Å². The third-order valence-electron chi connectivity index (χ3n) is 2.27. The molecule has 0 aliphatic carbocycles. The van der Waals surface area contributed by atoms with Crippen LogP contribution in [0.3, 0.4) is 0 Å². The van der Waals surface area contributed by atoms with Crippen LogP contribution in [-0.2, 0) is 6.54 Å². The average molecular weight is 242 g/mol. The van der Waals surface area contributed by atoms with Gasteiger partial charge in [0.2, 0.25) is 0 Å². The highest BCUT2D eigenvalue weighted by Gasteiger charge is 2.14. The number of nitrogens with zero attached hydrogens (tertiary/aromatic N) is 2. The first-order valence-corrected chi connectivity index (χ1v) is 5.94. The van der Waals surface area contributed by atoms with Crippen molar-refractivity contribution >= 4 is 22.9 Å². The molecule has 1 unspecified atom stereocenters. The van der Waals surface area contributed by atoms with Crippen molar-refractivity contribution in [2.45, 2.75) is 19.5 Å². The average Bonchev–Trinajstić information content (AvgIpc) is 2.84. The Labute approximate surface area is 97.5 Å². The highest BCUT2D eigenvalue weighted by atomic mass is 35.5. The van der Waals surface area contributed by atoms with Crippen LogP contribution >= 0.6 is 22.9 Å². The van der Waals surface area contributed by atoms with Crippen LogP contribution in [0, 0.1) is 0 Å². The summed E-state index contributed by atoms with van der Waals surface area (Å²) < 4.78 is 2.67. The van der Waals surface area contributed by atoms with E-state index in [1.807, 2.05) is 29.8 Å². The molecule has 0 bridgehead atoms. The van der Waals surface area contributed by atoms with E-state index in [0.29, 0.717) is 0 Å². The van der Waals surface area contributed by atoms with E-state index in [1.165, 1.54) is 11.3 Å². The summed E-state index contributed by atoms with van der Waals surface area (Å²) in [6, 6.07) is 5.64. The van der Waals surface area contributed by atoms with Gasteiger partial charge in [0.25, 0.3) is 0 Å². The van der Waals surface area contributed by atoms with Crippen molar-refractivity contribution in [2.24, 2.45) is 5.73 Å². The van der Waals surface area contributed by atoms with E-state index < -0.39 is 0 Å². The number of rotatable bonds is 3. The van der Waals surface area contributed by atoms with E-state index >= 15 is 0 Å². The number of hydrogen-bond donors (Lipinski definition) is 1. The van der Waals surface area contributed by atoms with Crippen LogP contribution in [0.5, 0.6) is 0 Å². The second kappa shape index (κ2) is 4.35. The second-order valence-electron chi connectivity index (χ2n) is 3.19. The van der Waals surface area contributed by atoms with Crippen LogP contribution in [0.15, 0.2) is 24.4 Å². The van der Waals surface area contributed by atoms with Crippen molar-refractivity contribution < 1.29 is 0 Å². The van der Waals surface area contributed by atoms with E-state index in [-0.39, 0.29) is 6.04 Å². The molecule has 0 aromatic carbocycles. The number of halogens is 1. The highest BCUT2D eigenvalue weighted by molar-refractivity contribution is 7.16. The van der Waals surface area contributed by atoms with Crippen molar-refractivity contribution in [3.05, 3.63) is 39.3 Å². The zero-order chi connectivity index (χ0) is 10.8. The van der Waals surface area contributed by atoms with E-state index in [9.17, 15) is 0 Å². The maximum Gasteiger partial charge on any atom is 0.0931 e. The van der Waals surface area contributed by atoms with Gasteiger partial charge < -0.3 is 5.73 Å². The normalized spacial score (nSPS) is 13.0. The van der Waals surface area contributed by atoms with Crippen LogP contribution in [-0.4, -0.2) is 9.78 Å². The number of nitrogens with two attached hydrogens (primary N) is 1. The maximum absolute atomic E-state index is 6.14. The summed E-state index contributed by atoms with van der Waals surface area (Å²) >= 11 is 7.39. The first kappa shape index (κ1) is 10.7. The molecule has 2 N–H and O–H groups in total. The Morgan fingerprint density at radius 1 is 1.53 bits per heavy atom. The first-order chi connectivity index (χ1) is 7.22. The van der Waals surface area contributed by atoms with Gasteiger partial charge in [0.15, 0.2) is 0 Å². The number of hydrogen-bond acceptors (Lipinski definition) is 3. The van der Waals surface area contributed by atoms with Crippen molar-refractivity contribution in [3.8, 4) is 0 Å². The van der Waals surface area contributed by atoms with Gasteiger partial charge in [0.1, 0.15) is 0 Å². The molecule has 0 aliphatic rings. The molecule has 5 heteroatoms. The van der Waals surface area contributed by atoms with Crippen molar-refractivity contribution in [2.75, 3.05) is 0 Å². The van der Waals surface area contributed by atoms with Crippen LogP contribution in [0.1, 0.15) is 23.5 Å². The topological polar surface area (TPSA) is 43.8 Å². The summed E-state index contributed by atoms with van der Waals surface area (Å²) in [7, 11) is 0. The van der Waals surface area contributed by atoms with E-state index in [1.54, 1.807) is 6.20 Å². The summed E-state index contributed by atoms with van der Waals surface area (Å²) in [5.41, 5.74) is 7.17. The molecule has 3 nitrogen and oxygen atoms in total. The zero-order valence-electron chi connectivity index (χ0n) is 8.35. The molecule has 1 atom stereocenters. The Hall–Kier alpha value is -0.840. The molecular weight excluding hydrogens is 230 g/mol. The minimum atomic E-state index is -0.134. The minimum Gasteiger partial charge on any atom is -0.318 e. The van der Waals surface area contributed by atoms with Gasteiger partial charge in [-0.2, -0.15) is 5.10 Å². The highest BCUT2D eigenvalue weighted by Crippen LogP contribution is 2.29. The molecular formula is C10H12ClN3S. The van der Waals surface area contributed by atoms with Gasteiger partial charge in [-0.25, -0.2) is 0 Å². The lowest BCUT2D eigenvalue weighted by atomic mass is 10.2. The summed E-state index contributed by atoms with van der Waals surface area (Å²) in [6.07, 6.45) is 1.77. The Balaban J connectivity index is 2.31. The Kier molecular flexibility index (Phi) is 3.09. The van der Waals surface area contributed by atoms with Crippen molar-refractivity contribution in [1.29, 1.82) is 0 Å². The van der Waals surface area contributed by atoms with Crippen LogP contribution < -0.4 is 5.73 Å². The third-order valence-corrected chi connectivity index (χ3v) is 3.58. The van der Waals surface area contributed by atoms with Crippen LogP contribution in [0.2, 0.25) is 4.34 Å². The fourth-order valence-electron chi connectivity index (χ4n) is 1.51.